The van der Waals surface area contributed by atoms with Crippen LogP contribution < -0.4 is 15.8 Å². The minimum absolute atomic E-state index is 0.199. The summed E-state index contributed by atoms with van der Waals surface area (Å²) in [7, 11) is 1.51. The van der Waals surface area contributed by atoms with Crippen LogP contribution in [0.15, 0.2) is 57.8 Å². The highest BCUT2D eigenvalue weighted by molar-refractivity contribution is 6.03. The Kier molecular flexibility index (Phi) is 7.65. The highest BCUT2D eigenvalue weighted by Gasteiger charge is 2.46. The van der Waals surface area contributed by atoms with E-state index in [1.165, 1.54) is 26.2 Å². The molecule has 0 spiro atoms. The molecule has 2 aliphatic heterocycles. The summed E-state index contributed by atoms with van der Waals surface area (Å²) in [6, 6.07) is 9.26. The second kappa shape index (κ2) is 10.7. The molecule has 37 heavy (non-hydrogen) atoms. The van der Waals surface area contributed by atoms with Crippen LogP contribution in [0.3, 0.4) is 0 Å². The number of oxime groups is 1. The summed E-state index contributed by atoms with van der Waals surface area (Å²) in [5, 5.41) is 29.6. The monoisotopic (exact) mass is 512 g/mol. The number of hydrogen-bond donors (Lipinski definition) is 4. The summed E-state index contributed by atoms with van der Waals surface area (Å²) in [4.78, 5) is 14.4. The Morgan fingerprint density at radius 1 is 1.32 bits per heavy atom. The normalized spacial score (nSPS) is 22.6. The largest absolute Gasteiger partial charge is 0.481 e. The molecule has 198 valence electrons. The van der Waals surface area contributed by atoms with Gasteiger partial charge in [0.15, 0.2) is 11.6 Å². The summed E-state index contributed by atoms with van der Waals surface area (Å²) in [6.45, 7) is 6.03. The number of nitrogens with zero attached hydrogens (tertiary/aromatic N) is 4. The van der Waals surface area contributed by atoms with Crippen molar-refractivity contribution in [2.24, 2.45) is 21.8 Å². The number of guanidine groups is 1. The maximum absolute atomic E-state index is 14.4. The fourth-order valence-electron chi connectivity index (χ4n) is 4.49. The van der Waals surface area contributed by atoms with Gasteiger partial charge in [0.2, 0.25) is 11.8 Å². The lowest BCUT2D eigenvalue weighted by molar-refractivity contribution is -0.183. The first-order valence-corrected chi connectivity index (χ1v) is 12.2. The summed E-state index contributed by atoms with van der Waals surface area (Å²) in [6.07, 6.45) is 2.06. The van der Waals surface area contributed by atoms with Crippen LogP contribution in [0.2, 0.25) is 0 Å². The Balaban J connectivity index is 1.75. The number of aromatic nitrogens is 1. The molecular formula is C26H33FN6O4. The van der Waals surface area contributed by atoms with Crippen molar-refractivity contribution >= 4 is 11.8 Å². The van der Waals surface area contributed by atoms with Gasteiger partial charge >= 0.3 is 0 Å². The molecule has 1 aromatic carbocycles. The van der Waals surface area contributed by atoms with Gasteiger partial charge in [-0.3, -0.25) is 5.21 Å². The van der Waals surface area contributed by atoms with Crippen LogP contribution in [-0.4, -0.2) is 51.6 Å². The highest BCUT2D eigenvalue weighted by Crippen LogP contribution is 2.40. The average Bonchev–Trinajstić information content (AvgIpc) is 2.86. The van der Waals surface area contributed by atoms with Crippen LogP contribution >= 0.6 is 0 Å². The summed E-state index contributed by atoms with van der Waals surface area (Å²) >= 11 is 0. The van der Waals surface area contributed by atoms with Crippen molar-refractivity contribution in [3.8, 4) is 17.1 Å². The van der Waals surface area contributed by atoms with E-state index in [-0.39, 0.29) is 23.8 Å². The van der Waals surface area contributed by atoms with Crippen LogP contribution in [-0.2, 0) is 4.84 Å². The number of benzene rings is 1. The van der Waals surface area contributed by atoms with E-state index >= 15 is 0 Å². The maximum atomic E-state index is 14.4. The van der Waals surface area contributed by atoms with Crippen LogP contribution in [0.1, 0.15) is 51.6 Å². The van der Waals surface area contributed by atoms with Crippen LogP contribution in [0.25, 0.3) is 11.3 Å². The number of ether oxygens (including phenoxy) is 1. The third-order valence-electron chi connectivity index (χ3n) is 6.36. The third kappa shape index (κ3) is 5.52. The smallest absolute Gasteiger partial charge is 0.223 e. The molecule has 2 atom stereocenters. The fraction of sp³-hybridized carbons (Fsp3) is 0.423. The van der Waals surface area contributed by atoms with Gasteiger partial charge in [-0.2, -0.15) is 5.06 Å². The molecule has 4 rings (SSSR count). The van der Waals surface area contributed by atoms with E-state index in [1.807, 2.05) is 0 Å². The van der Waals surface area contributed by atoms with Gasteiger partial charge in [-0.15, -0.1) is 0 Å². The van der Waals surface area contributed by atoms with E-state index in [4.69, 9.17) is 15.3 Å². The first-order chi connectivity index (χ1) is 17.6. The van der Waals surface area contributed by atoms with Crippen molar-refractivity contribution in [1.82, 2.24) is 15.4 Å². The SMILES string of the molecule is COc1cccc(-c2cc(F)ccc2[C@H]2CC3=C(C(=NOCCCC(C)C)N2)C(C)(O)N(O)C(N)=N3)n1. The molecule has 2 aliphatic rings. The number of hydrogen-bond acceptors (Lipinski definition) is 9. The van der Waals surface area contributed by atoms with E-state index < -0.39 is 17.6 Å². The molecule has 5 N–H and O–H groups in total. The highest BCUT2D eigenvalue weighted by atomic mass is 19.1. The Morgan fingerprint density at radius 3 is 2.84 bits per heavy atom. The quantitative estimate of drug-likeness (QED) is 0.310. The van der Waals surface area contributed by atoms with Crippen molar-refractivity contribution in [3.63, 3.8) is 0 Å². The zero-order valence-electron chi connectivity index (χ0n) is 21.4. The van der Waals surface area contributed by atoms with Gasteiger partial charge in [0.25, 0.3) is 0 Å². The van der Waals surface area contributed by atoms with Gasteiger partial charge in [0, 0.05) is 18.1 Å². The predicted octanol–water partition coefficient (Wildman–Crippen LogP) is 3.68. The number of pyridine rings is 1. The summed E-state index contributed by atoms with van der Waals surface area (Å²) in [5.74, 6) is 0.458. The molecule has 1 unspecified atom stereocenters. The number of aliphatic imine (C=N–C) groups is 1. The molecule has 0 amide bonds. The molecule has 0 radical (unpaired) electrons. The molecule has 0 aliphatic carbocycles. The number of nitrogens with one attached hydrogen (secondary N) is 1. The Hall–Kier alpha value is -3.70. The molecule has 3 heterocycles. The minimum Gasteiger partial charge on any atom is -0.481 e. The number of nitrogens with two attached hydrogens (primary N) is 1. The predicted molar refractivity (Wildman–Crippen MR) is 137 cm³/mol. The van der Waals surface area contributed by atoms with Gasteiger partial charge in [-0.25, -0.2) is 14.4 Å². The second-order valence-electron chi connectivity index (χ2n) is 9.63. The number of aliphatic hydroxyl groups is 1. The summed E-state index contributed by atoms with van der Waals surface area (Å²) < 4.78 is 19.6. The van der Waals surface area contributed by atoms with Crippen LogP contribution in [0.4, 0.5) is 4.39 Å². The van der Waals surface area contributed by atoms with Crippen molar-refractivity contribution in [3.05, 3.63) is 59.0 Å². The van der Waals surface area contributed by atoms with Gasteiger partial charge in [0.1, 0.15) is 12.4 Å². The van der Waals surface area contributed by atoms with Crippen LogP contribution in [0, 0.1) is 11.7 Å². The van der Waals surface area contributed by atoms with E-state index in [0.717, 1.165) is 18.4 Å². The molecule has 0 saturated carbocycles. The first kappa shape index (κ1) is 26.4. The van der Waals surface area contributed by atoms with Crippen molar-refractivity contribution in [2.75, 3.05) is 13.7 Å². The lowest BCUT2D eigenvalue weighted by atomic mass is 9.87. The zero-order valence-corrected chi connectivity index (χ0v) is 21.4. The first-order valence-electron chi connectivity index (χ1n) is 12.2. The van der Waals surface area contributed by atoms with Crippen LogP contribution in [0.5, 0.6) is 5.88 Å². The topological polar surface area (TPSA) is 138 Å². The molecule has 0 bridgehead atoms. The molecule has 11 heteroatoms. The van der Waals surface area contributed by atoms with E-state index in [1.54, 1.807) is 24.3 Å². The van der Waals surface area contributed by atoms with Gasteiger partial charge in [0.05, 0.1) is 30.1 Å². The fourth-order valence-corrected chi connectivity index (χ4v) is 4.49. The molecule has 10 nitrogen and oxygen atoms in total. The zero-order chi connectivity index (χ0) is 26.7. The molecule has 2 aromatic rings. The lowest BCUT2D eigenvalue weighted by Crippen LogP contribution is -2.58. The summed E-state index contributed by atoms with van der Waals surface area (Å²) in [5.41, 5.74) is 6.47. The number of halogens is 1. The molecule has 0 saturated heterocycles. The van der Waals surface area contributed by atoms with E-state index in [9.17, 15) is 14.7 Å². The second-order valence-corrected chi connectivity index (χ2v) is 9.63. The molecule has 1 aromatic heterocycles. The van der Waals surface area contributed by atoms with Gasteiger partial charge in [-0.1, -0.05) is 31.1 Å². The van der Waals surface area contributed by atoms with E-state index in [0.29, 0.717) is 40.4 Å². The molecule has 0 fully saturated rings. The minimum atomic E-state index is -1.90. The van der Waals surface area contributed by atoms with Crippen molar-refractivity contribution in [1.29, 1.82) is 0 Å². The maximum Gasteiger partial charge on any atom is 0.223 e. The van der Waals surface area contributed by atoms with Gasteiger partial charge < -0.3 is 25.7 Å². The van der Waals surface area contributed by atoms with Crippen molar-refractivity contribution < 1.29 is 24.3 Å². The van der Waals surface area contributed by atoms with Crippen molar-refractivity contribution in [2.45, 2.75) is 51.8 Å². The number of hydroxylamine groups is 2. The number of rotatable bonds is 8. The molecular weight excluding hydrogens is 479 g/mol. The number of amidine groups is 1. The number of methoxy groups -OCH3 is 1. The Bertz CT molecular complexity index is 1240. The third-order valence-corrected chi connectivity index (χ3v) is 6.36. The Labute approximate surface area is 215 Å². The van der Waals surface area contributed by atoms with E-state index in [2.05, 4.69) is 34.3 Å². The standard InChI is InChI=1S/C26H33FN6O4/c1-15(2)7-6-12-37-32-24-23-21(31-25(28)33(35)26(23,3)34)14-20(30-24)17-11-10-16(27)13-18(17)19-8-5-9-22(29-19)36-4/h5,8-11,13,15,20,34-35H,6-7,12,14H2,1-4H3,(H2,28,31)(H,30,32)/t20-,26?/m1/s1. The average molecular weight is 513 g/mol. The van der Waals surface area contributed by atoms with Gasteiger partial charge in [-0.05, 0) is 49.4 Å². The Morgan fingerprint density at radius 2 is 2.11 bits per heavy atom. The lowest BCUT2D eigenvalue weighted by Gasteiger charge is -2.42.